The summed E-state index contributed by atoms with van der Waals surface area (Å²) < 4.78 is 0. The smallest absolute Gasteiger partial charge is 0.309 e. The molecule has 1 heterocycles. The van der Waals surface area contributed by atoms with E-state index in [9.17, 15) is 4.79 Å². The van der Waals surface area contributed by atoms with Crippen LogP contribution in [0.1, 0.15) is 24.8 Å². The summed E-state index contributed by atoms with van der Waals surface area (Å²) in [6, 6.07) is 3.55. The molecule has 1 aromatic heterocycles. The van der Waals surface area contributed by atoms with Crippen LogP contribution in [0.2, 0.25) is 5.15 Å². The van der Waals surface area contributed by atoms with E-state index >= 15 is 0 Å². The van der Waals surface area contributed by atoms with E-state index in [0.29, 0.717) is 11.6 Å². The van der Waals surface area contributed by atoms with Crippen LogP contribution in [-0.2, 0) is 11.2 Å². The molecule has 0 bridgehead atoms. The molecule has 1 saturated carbocycles. The van der Waals surface area contributed by atoms with Crippen molar-refractivity contribution in [2.75, 3.05) is 0 Å². The lowest BCUT2D eigenvalue weighted by Crippen LogP contribution is -2.39. The van der Waals surface area contributed by atoms with Crippen LogP contribution in [-0.4, -0.2) is 16.1 Å². The highest BCUT2D eigenvalue weighted by Gasteiger charge is 2.44. The van der Waals surface area contributed by atoms with E-state index in [1.54, 1.807) is 12.3 Å². The standard InChI is InChI=1S/C11H12ClNO2/c12-9-3-2-8(7-13-9)6-11(10(14)15)4-1-5-11/h2-3,7H,1,4-6H2,(H,14,15). The predicted octanol–water partition coefficient (Wildman–Crippen LogP) is 2.53. The van der Waals surface area contributed by atoms with Crippen LogP contribution in [0.3, 0.4) is 0 Å². The molecule has 1 aliphatic rings. The Labute approximate surface area is 93.1 Å². The number of carbonyl (C=O) groups is 1. The Morgan fingerprint density at radius 1 is 1.53 bits per heavy atom. The molecule has 15 heavy (non-hydrogen) atoms. The molecule has 1 fully saturated rings. The number of halogens is 1. The second-order valence-electron chi connectivity index (χ2n) is 4.10. The van der Waals surface area contributed by atoms with Crippen LogP contribution in [0.25, 0.3) is 0 Å². The first-order valence-electron chi connectivity index (χ1n) is 4.96. The minimum Gasteiger partial charge on any atom is -0.481 e. The van der Waals surface area contributed by atoms with Gasteiger partial charge in [0, 0.05) is 6.20 Å². The molecule has 0 amide bonds. The number of rotatable bonds is 3. The zero-order chi connectivity index (χ0) is 10.9. The summed E-state index contributed by atoms with van der Waals surface area (Å²) in [5, 5.41) is 9.59. The van der Waals surface area contributed by atoms with Crippen LogP contribution in [0.15, 0.2) is 18.3 Å². The van der Waals surface area contributed by atoms with Crippen molar-refractivity contribution in [3.8, 4) is 0 Å². The van der Waals surface area contributed by atoms with Crippen LogP contribution >= 0.6 is 11.6 Å². The Hall–Kier alpha value is -1.09. The number of carboxylic acids is 1. The summed E-state index contributed by atoms with van der Waals surface area (Å²) >= 11 is 5.67. The van der Waals surface area contributed by atoms with Gasteiger partial charge in [-0.05, 0) is 30.9 Å². The van der Waals surface area contributed by atoms with E-state index in [1.807, 2.05) is 6.07 Å². The molecule has 2 rings (SSSR count). The fourth-order valence-electron chi connectivity index (χ4n) is 1.97. The Bertz CT molecular complexity index is 371. The molecule has 0 spiro atoms. The summed E-state index contributed by atoms with van der Waals surface area (Å²) in [4.78, 5) is 15.1. The van der Waals surface area contributed by atoms with Crippen LogP contribution < -0.4 is 0 Å². The zero-order valence-corrected chi connectivity index (χ0v) is 9.00. The quantitative estimate of drug-likeness (QED) is 0.805. The normalized spacial score (nSPS) is 18.2. The van der Waals surface area contributed by atoms with Gasteiger partial charge in [-0.3, -0.25) is 4.79 Å². The fourth-order valence-corrected chi connectivity index (χ4v) is 2.08. The van der Waals surface area contributed by atoms with Gasteiger partial charge >= 0.3 is 5.97 Å². The third-order valence-electron chi connectivity index (χ3n) is 3.10. The van der Waals surface area contributed by atoms with Gasteiger partial charge in [0.25, 0.3) is 0 Å². The lowest BCUT2D eigenvalue weighted by atomic mass is 9.65. The summed E-state index contributed by atoms with van der Waals surface area (Å²) in [5.74, 6) is -0.691. The Balaban J connectivity index is 2.13. The highest BCUT2D eigenvalue weighted by molar-refractivity contribution is 6.29. The molecule has 0 unspecified atom stereocenters. The molecule has 80 valence electrons. The SMILES string of the molecule is O=C(O)C1(Cc2ccc(Cl)nc2)CCC1. The maximum Gasteiger partial charge on any atom is 0.309 e. The fraction of sp³-hybridized carbons (Fsp3) is 0.455. The molecule has 4 heteroatoms. The predicted molar refractivity (Wildman–Crippen MR) is 56.9 cm³/mol. The minimum atomic E-state index is -0.691. The molecular weight excluding hydrogens is 214 g/mol. The summed E-state index contributed by atoms with van der Waals surface area (Å²) in [5.41, 5.74) is 0.400. The molecule has 0 atom stereocenters. The van der Waals surface area contributed by atoms with Gasteiger partial charge in [0.05, 0.1) is 5.41 Å². The average Bonchev–Trinajstić information content (AvgIpc) is 2.13. The largest absolute Gasteiger partial charge is 0.481 e. The van der Waals surface area contributed by atoms with Crippen molar-refractivity contribution in [1.82, 2.24) is 4.98 Å². The highest BCUT2D eigenvalue weighted by Crippen LogP contribution is 2.43. The van der Waals surface area contributed by atoms with Gasteiger partial charge in [-0.25, -0.2) is 4.98 Å². The second kappa shape index (κ2) is 3.81. The van der Waals surface area contributed by atoms with E-state index < -0.39 is 11.4 Å². The van der Waals surface area contributed by atoms with Crippen molar-refractivity contribution < 1.29 is 9.90 Å². The molecule has 0 aromatic carbocycles. The molecule has 0 saturated heterocycles. The Morgan fingerprint density at radius 3 is 2.67 bits per heavy atom. The van der Waals surface area contributed by atoms with Crippen LogP contribution in [0.4, 0.5) is 0 Å². The first-order valence-corrected chi connectivity index (χ1v) is 5.34. The zero-order valence-electron chi connectivity index (χ0n) is 8.24. The number of nitrogens with zero attached hydrogens (tertiary/aromatic N) is 1. The monoisotopic (exact) mass is 225 g/mol. The van der Waals surface area contributed by atoms with E-state index in [0.717, 1.165) is 24.8 Å². The Kier molecular flexibility index (Phi) is 2.65. The van der Waals surface area contributed by atoms with Crippen LogP contribution in [0, 0.1) is 5.41 Å². The minimum absolute atomic E-state index is 0.441. The molecule has 0 radical (unpaired) electrons. The third kappa shape index (κ3) is 1.97. The van der Waals surface area contributed by atoms with Gasteiger partial charge in [0.1, 0.15) is 5.15 Å². The van der Waals surface area contributed by atoms with Crippen molar-refractivity contribution in [1.29, 1.82) is 0 Å². The van der Waals surface area contributed by atoms with E-state index in [1.165, 1.54) is 0 Å². The molecule has 3 nitrogen and oxygen atoms in total. The third-order valence-corrected chi connectivity index (χ3v) is 3.32. The molecule has 1 aromatic rings. The lowest BCUT2D eigenvalue weighted by Gasteiger charge is -2.37. The maximum atomic E-state index is 11.1. The van der Waals surface area contributed by atoms with E-state index in [4.69, 9.17) is 16.7 Å². The van der Waals surface area contributed by atoms with Crippen molar-refractivity contribution >= 4 is 17.6 Å². The highest BCUT2D eigenvalue weighted by atomic mass is 35.5. The van der Waals surface area contributed by atoms with Gasteiger partial charge < -0.3 is 5.11 Å². The van der Waals surface area contributed by atoms with E-state index in [2.05, 4.69) is 4.98 Å². The number of pyridine rings is 1. The summed E-state index contributed by atoms with van der Waals surface area (Å²) in [6.45, 7) is 0. The Morgan fingerprint density at radius 2 is 2.27 bits per heavy atom. The lowest BCUT2D eigenvalue weighted by molar-refractivity contribution is -0.154. The van der Waals surface area contributed by atoms with Crippen molar-refractivity contribution in [2.45, 2.75) is 25.7 Å². The van der Waals surface area contributed by atoms with Gasteiger partial charge in [-0.2, -0.15) is 0 Å². The summed E-state index contributed by atoms with van der Waals surface area (Å²) in [7, 11) is 0. The average molecular weight is 226 g/mol. The number of hydrogen-bond donors (Lipinski definition) is 1. The van der Waals surface area contributed by atoms with Gasteiger partial charge in [0.2, 0.25) is 0 Å². The number of carboxylic acid groups (broad SMARTS) is 1. The number of aromatic nitrogens is 1. The molecule has 1 aliphatic carbocycles. The van der Waals surface area contributed by atoms with Crippen molar-refractivity contribution in [3.63, 3.8) is 0 Å². The first-order chi connectivity index (χ1) is 7.12. The topological polar surface area (TPSA) is 50.2 Å². The number of aliphatic carboxylic acids is 1. The maximum absolute atomic E-state index is 11.1. The molecule has 1 N–H and O–H groups in total. The second-order valence-corrected chi connectivity index (χ2v) is 4.49. The van der Waals surface area contributed by atoms with Gasteiger partial charge in [-0.1, -0.05) is 24.1 Å². The van der Waals surface area contributed by atoms with Gasteiger partial charge in [-0.15, -0.1) is 0 Å². The molecule has 0 aliphatic heterocycles. The van der Waals surface area contributed by atoms with Crippen molar-refractivity contribution in [2.24, 2.45) is 5.41 Å². The van der Waals surface area contributed by atoms with E-state index in [-0.39, 0.29) is 0 Å². The van der Waals surface area contributed by atoms with Gasteiger partial charge in [0.15, 0.2) is 0 Å². The van der Waals surface area contributed by atoms with Crippen LogP contribution in [0.5, 0.6) is 0 Å². The number of hydrogen-bond acceptors (Lipinski definition) is 2. The van der Waals surface area contributed by atoms with Crippen molar-refractivity contribution in [3.05, 3.63) is 29.0 Å². The first kappa shape index (κ1) is 10.4. The summed E-state index contributed by atoms with van der Waals surface area (Å²) in [6.07, 6.45) is 4.76. The molecular formula is C11H12ClNO2.